The van der Waals surface area contributed by atoms with Crippen LogP contribution in [0.1, 0.15) is 17.5 Å². The highest BCUT2D eigenvalue weighted by Crippen LogP contribution is 2.15. The SMILES string of the molecule is NC(=O)C[C@@H](C(=O)O)N(Cc1ccccc1)Cc1ccccc1. The number of carboxylic acid groups (broad SMARTS) is 1. The Bertz CT molecular complexity index is 602. The van der Waals surface area contributed by atoms with Crippen LogP contribution in [0.25, 0.3) is 0 Å². The van der Waals surface area contributed by atoms with E-state index in [1.807, 2.05) is 60.7 Å². The van der Waals surface area contributed by atoms with Crippen LogP contribution >= 0.6 is 0 Å². The molecule has 5 nitrogen and oxygen atoms in total. The Kier molecular flexibility index (Phi) is 5.88. The molecular weight excluding hydrogens is 292 g/mol. The molecule has 0 radical (unpaired) electrons. The van der Waals surface area contributed by atoms with Gasteiger partial charge in [-0.2, -0.15) is 0 Å². The second-order valence-electron chi connectivity index (χ2n) is 5.40. The monoisotopic (exact) mass is 312 g/mol. The summed E-state index contributed by atoms with van der Waals surface area (Å²) in [6, 6.07) is 18.2. The van der Waals surface area contributed by atoms with E-state index in [-0.39, 0.29) is 6.42 Å². The molecule has 1 amide bonds. The molecule has 0 saturated heterocycles. The van der Waals surface area contributed by atoms with Crippen molar-refractivity contribution in [1.82, 2.24) is 4.90 Å². The highest BCUT2D eigenvalue weighted by atomic mass is 16.4. The van der Waals surface area contributed by atoms with Crippen LogP contribution in [0.15, 0.2) is 60.7 Å². The van der Waals surface area contributed by atoms with Gasteiger partial charge in [0.15, 0.2) is 0 Å². The summed E-state index contributed by atoms with van der Waals surface area (Å²) in [4.78, 5) is 24.6. The molecule has 0 heterocycles. The minimum Gasteiger partial charge on any atom is -0.480 e. The average Bonchev–Trinajstić information content (AvgIpc) is 2.53. The molecule has 0 fully saturated rings. The number of rotatable bonds is 8. The van der Waals surface area contributed by atoms with Crippen molar-refractivity contribution in [2.75, 3.05) is 0 Å². The predicted octanol–water partition coefficient (Wildman–Crippen LogP) is 2.02. The lowest BCUT2D eigenvalue weighted by molar-refractivity contribution is -0.146. The largest absolute Gasteiger partial charge is 0.480 e. The number of amides is 1. The van der Waals surface area contributed by atoms with E-state index in [1.165, 1.54) is 0 Å². The second kappa shape index (κ2) is 8.10. The van der Waals surface area contributed by atoms with Gasteiger partial charge in [-0.05, 0) is 11.1 Å². The van der Waals surface area contributed by atoms with Crippen LogP contribution in [0.3, 0.4) is 0 Å². The number of hydrogen-bond acceptors (Lipinski definition) is 3. The first kappa shape index (κ1) is 16.7. The van der Waals surface area contributed by atoms with Gasteiger partial charge in [0.05, 0.1) is 6.42 Å². The zero-order valence-corrected chi connectivity index (χ0v) is 12.8. The van der Waals surface area contributed by atoms with Crippen LogP contribution in [-0.2, 0) is 22.7 Å². The van der Waals surface area contributed by atoms with Gasteiger partial charge in [0.1, 0.15) is 6.04 Å². The Morgan fingerprint density at radius 1 is 0.913 bits per heavy atom. The van der Waals surface area contributed by atoms with Crippen LogP contribution < -0.4 is 5.73 Å². The molecule has 0 aliphatic carbocycles. The van der Waals surface area contributed by atoms with Crippen LogP contribution in [-0.4, -0.2) is 27.9 Å². The molecule has 5 heteroatoms. The number of nitrogens with zero attached hydrogens (tertiary/aromatic N) is 1. The minimum atomic E-state index is -1.05. The summed E-state index contributed by atoms with van der Waals surface area (Å²) in [6.07, 6.45) is -0.213. The fourth-order valence-electron chi connectivity index (χ4n) is 2.48. The quantitative estimate of drug-likeness (QED) is 0.781. The molecule has 23 heavy (non-hydrogen) atoms. The topological polar surface area (TPSA) is 83.6 Å². The zero-order valence-electron chi connectivity index (χ0n) is 12.8. The Morgan fingerprint density at radius 2 is 1.35 bits per heavy atom. The lowest BCUT2D eigenvalue weighted by atomic mass is 10.1. The summed E-state index contributed by atoms with van der Waals surface area (Å²) in [7, 11) is 0. The van der Waals surface area contributed by atoms with Gasteiger partial charge < -0.3 is 10.8 Å². The molecular formula is C18H20N2O3. The summed E-state index contributed by atoms with van der Waals surface area (Å²) in [5.41, 5.74) is 7.20. The number of carboxylic acids is 1. The van der Waals surface area contributed by atoms with Crippen LogP contribution in [0.2, 0.25) is 0 Å². The van der Waals surface area contributed by atoms with Gasteiger partial charge in [0.2, 0.25) is 5.91 Å². The second-order valence-corrected chi connectivity index (χ2v) is 5.40. The van der Waals surface area contributed by atoms with E-state index in [2.05, 4.69) is 0 Å². The predicted molar refractivity (Wildman–Crippen MR) is 87.4 cm³/mol. The van der Waals surface area contributed by atoms with E-state index in [9.17, 15) is 14.7 Å². The lowest BCUT2D eigenvalue weighted by Gasteiger charge is -2.28. The van der Waals surface area contributed by atoms with E-state index >= 15 is 0 Å². The van der Waals surface area contributed by atoms with E-state index in [1.54, 1.807) is 4.90 Å². The smallest absolute Gasteiger partial charge is 0.321 e. The average molecular weight is 312 g/mol. The molecule has 0 aromatic heterocycles. The fourth-order valence-corrected chi connectivity index (χ4v) is 2.48. The van der Waals surface area contributed by atoms with Crippen LogP contribution in [0, 0.1) is 0 Å². The third-order valence-electron chi connectivity index (χ3n) is 3.58. The highest BCUT2D eigenvalue weighted by molar-refractivity contribution is 5.83. The number of nitrogens with two attached hydrogens (primary N) is 1. The number of aliphatic carboxylic acids is 1. The maximum Gasteiger partial charge on any atom is 0.321 e. The van der Waals surface area contributed by atoms with Crippen LogP contribution in [0.4, 0.5) is 0 Å². The molecule has 0 unspecified atom stereocenters. The molecule has 2 aromatic rings. The molecule has 0 aliphatic heterocycles. The number of benzene rings is 2. The maximum absolute atomic E-state index is 11.6. The normalized spacial score (nSPS) is 12.0. The van der Waals surface area contributed by atoms with Gasteiger partial charge in [-0.3, -0.25) is 14.5 Å². The zero-order chi connectivity index (χ0) is 16.7. The first-order valence-corrected chi connectivity index (χ1v) is 7.39. The van der Waals surface area contributed by atoms with Gasteiger partial charge in [-0.25, -0.2) is 0 Å². The van der Waals surface area contributed by atoms with Gasteiger partial charge in [0.25, 0.3) is 0 Å². The lowest BCUT2D eigenvalue weighted by Crippen LogP contribution is -2.43. The van der Waals surface area contributed by atoms with Crippen molar-refractivity contribution in [3.05, 3.63) is 71.8 Å². The number of hydrogen-bond donors (Lipinski definition) is 2. The Labute approximate surface area is 135 Å². The Hall–Kier alpha value is -2.66. The van der Waals surface area contributed by atoms with Crippen molar-refractivity contribution in [3.8, 4) is 0 Å². The van der Waals surface area contributed by atoms with Crippen molar-refractivity contribution < 1.29 is 14.7 Å². The van der Waals surface area contributed by atoms with Crippen LogP contribution in [0.5, 0.6) is 0 Å². The summed E-state index contributed by atoms with van der Waals surface area (Å²) in [5, 5.41) is 9.50. The molecule has 2 aromatic carbocycles. The van der Waals surface area contributed by atoms with Crippen molar-refractivity contribution in [1.29, 1.82) is 0 Å². The van der Waals surface area contributed by atoms with Crippen molar-refractivity contribution in [3.63, 3.8) is 0 Å². The van der Waals surface area contributed by atoms with Gasteiger partial charge in [-0.1, -0.05) is 60.7 Å². The highest BCUT2D eigenvalue weighted by Gasteiger charge is 2.27. The summed E-state index contributed by atoms with van der Waals surface area (Å²) in [6.45, 7) is 0.861. The summed E-state index contributed by atoms with van der Waals surface area (Å²) in [5.74, 6) is -1.67. The van der Waals surface area contributed by atoms with E-state index < -0.39 is 17.9 Å². The molecule has 2 rings (SSSR count). The number of primary amides is 1. The third kappa shape index (κ3) is 5.23. The van der Waals surface area contributed by atoms with E-state index in [0.717, 1.165) is 11.1 Å². The van der Waals surface area contributed by atoms with Gasteiger partial charge >= 0.3 is 5.97 Å². The molecule has 3 N–H and O–H groups in total. The molecule has 0 saturated carbocycles. The summed E-state index contributed by atoms with van der Waals surface area (Å²) >= 11 is 0. The Balaban J connectivity index is 2.25. The molecule has 0 bridgehead atoms. The van der Waals surface area contributed by atoms with E-state index in [0.29, 0.717) is 13.1 Å². The molecule has 120 valence electrons. The number of carbonyl (C=O) groups is 2. The number of carbonyl (C=O) groups excluding carboxylic acids is 1. The molecule has 0 spiro atoms. The summed E-state index contributed by atoms with van der Waals surface area (Å²) < 4.78 is 0. The van der Waals surface area contributed by atoms with Gasteiger partial charge in [-0.15, -0.1) is 0 Å². The van der Waals surface area contributed by atoms with Crippen molar-refractivity contribution in [2.24, 2.45) is 5.73 Å². The molecule has 1 atom stereocenters. The fraction of sp³-hybridized carbons (Fsp3) is 0.222. The van der Waals surface area contributed by atoms with Crippen molar-refractivity contribution in [2.45, 2.75) is 25.6 Å². The van der Waals surface area contributed by atoms with E-state index in [4.69, 9.17) is 5.73 Å². The molecule has 0 aliphatic rings. The maximum atomic E-state index is 11.6. The Morgan fingerprint density at radius 3 is 1.70 bits per heavy atom. The first-order chi connectivity index (χ1) is 11.1. The van der Waals surface area contributed by atoms with Gasteiger partial charge in [0, 0.05) is 13.1 Å². The third-order valence-corrected chi connectivity index (χ3v) is 3.58. The first-order valence-electron chi connectivity index (χ1n) is 7.39. The van der Waals surface area contributed by atoms with Crippen molar-refractivity contribution >= 4 is 11.9 Å². The minimum absolute atomic E-state index is 0.213. The standard InChI is InChI=1S/C18H20N2O3/c19-17(21)11-16(18(22)23)20(12-14-7-3-1-4-8-14)13-15-9-5-2-6-10-15/h1-10,16H,11-13H2,(H2,19,21)(H,22,23)/t16-/m0/s1.